The van der Waals surface area contributed by atoms with E-state index in [-0.39, 0.29) is 35.7 Å². The topological polar surface area (TPSA) is 56.7 Å². The second-order valence-electron chi connectivity index (χ2n) is 12.0. The Morgan fingerprint density at radius 2 is 1.85 bits per heavy atom. The lowest BCUT2D eigenvalue weighted by molar-refractivity contribution is -0.144. The van der Waals surface area contributed by atoms with Gasteiger partial charge in [-0.25, -0.2) is 4.39 Å². The molecule has 3 unspecified atom stereocenters. The molecule has 212 valence electrons. The van der Waals surface area contributed by atoms with Gasteiger partial charge in [-0.1, -0.05) is 37.5 Å². The third-order valence-corrected chi connectivity index (χ3v) is 9.36. The minimum Gasteiger partial charge on any atom is -0.480 e. The molecule has 0 amide bonds. The Labute approximate surface area is 229 Å². The van der Waals surface area contributed by atoms with Crippen LogP contribution in [0.3, 0.4) is 0 Å². The van der Waals surface area contributed by atoms with Gasteiger partial charge in [-0.2, -0.15) is 8.78 Å². The highest BCUT2D eigenvalue weighted by molar-refractivity contribution is 5.73. The second kappa shape index (κ2) is 12.4. The number of rotatable bonds is 11. The molecule has 5 nitrogen and oxygen atoms in total. The molecule has 2 saturated heterocycles. The Morgan fingerprint density at radius 3 is 2.49 bits per heavy atom. The van der Waals surface area contributed by atoms with Gasteiger partial charge in [0.05, 0.1) is 0 Å². The second-order valence-corrected chi connectivity index (χ2v) is 12.0. The number of hydrogen-bond donors (Lipinski definition) is 1. The van der Waals surface area contributed by atoms with Gasteiger partial charge in [0.25, 0.3) is 5.92 Å². The number of aromatic nitrogens is 1. The Hall–Kier alpha value is -2.45. The minimum atomic E-state index is -2.91. The maximum Gasteiger partial charge on any atom is 0.320 e. The van der Waals surface area contributed by atoms with Gasteiger partial charge in [0, 0.05) is 38.2 Å². The quantitative estimate of drug-likeness (QED) is 0.368. The minimum absolute atomic E-state index is 0.0683. The van der Waals surface area contributed by atoms with Crippen LogP contribution in [0.4, 0.5) is 13.2 Å². The van der Waals surface area contributed by atoms with Crippen molar-refractivity contribution in [3.05, 3.63) is 65.7 Å². The first-order chi connectivity index (χ1) is 18.8. The van der Waals surface area contributed by atoms with E-state index in [4.69, 9.17) is 0 Å². The first-order valence-corrected chi connectivity index (χ1v) is 14.5. The largest absolute Gasteiger partial charge is 0.480 e. The molecule has 1 aromatic carbocycles. The lowest BCUT2D eigenvalue weighted by Crippen LogP contribution is -2.43. The standard InChI is InChI=1S/C31H40F3N3O2/c32-26-8-4-7-24(18-26)27-21-37(28(30(38)39)17-23-5-3-6-23)20-25(27)19-36-15-11-22(12-16-36)10-13-31(33,34)29-9-1-2-14-35-29/h1-2,4,7-9,14,18,22-23,25,27-28H,3,5-6,10-13,15-17,19-21H2,(H,38,39). The Balaban J connectivity index is 1.19. The van der Waals surface area contributed by atoms with E-state index < -0.39 is 17.9 Å². The van der Waals surface area contributed by atoms with Crippen LogP contribution in [0.15, 0.2) is 48.7 Å². The van der Waals surface area contributed by atoms with E-state index in [1.54, 1.807) is 24.3 Å². The van der Waals surface area contributed by atoms with Gasteiger partial charge in [0.1, 0.15) is 17.6 Å². The highest BCUT2D eigenvalue weighted by Gasteiger charge is 2.42. The van der Waals surface area contributed by atoms with E-state index in [0.29, 0.717) is 31.8 Å². The first-order valence-electron chi connectivity index (χ1n) is 14.5. The highest BCUT2D eigenvalue weighted by Crippen LogP contribution is 2.39. The number of likely N-dealkylation sites (tertiary alicyclic amines) is 2. The zero-order valence-electron chi connectivity index (χ0n) is 22.5. The first kappa shape index (κ1) is 28.1. The molecule has 1 aliphatic carbocycles. The third-order valence-electron chi connectivity index (χ3n) is 9.36. The smallest absolute Gasteiger partial charge is 0.320 e. The number of halogens is 3. The van der Waals surface area contributed by atoms with Crippen LogP contribution in [-0.4, -0.2) is 64.6 Å². The van der Waals surface area contributed by atoms with Crippen molar-refractivity contribution in [2.24, 2.45) is 17.8 Å². The van der Waals surface area contributed by atoms with Crippen molar-refractivity contribution in [2.45, 2.75) is 69.2 Å². The Bertz CT molecular complexity index is 1090. The molecule has 5 rings (SSSR count). The van der Waals surface area contributed by atoms with Gasteiger partial charge in [-0.15, -0.1) is 0 Å². The molecule has 1 N–H and O–H groups in total. The van der Waals surface area contributed by atoms with E-state index in [2.05, 4.69) is 14.8 Å². The van der Waals surface area contributed by atoms with Crippen LogP contribution >= 0.6 is 0 Å². The van der Waals surface area contributed by atoms with Crippen molar-refractivity contribution in [3.63, 3.8) is 0 Å². The van der Waals surface area contributed by atoms with Crippen molar-refractivity contribution in [1.82, 2.24) is 14.8 Å². The molecule has 3 aliphatic rings. The fourth-order valence-corrected chi connectivity index (χ4v) is 6.79. The number of piperidine rings is 1. The summed E-state index contributed by atoms with van der Waals surface area (Å²) < 4.78 is 43.4. The SMILES string of the molecule is O=C(O)C(CC1CCC1)N1CC(CN2CCC(CCC(F)(F)c3ccccn3)CC2)C(c2cccc(F)c2)C1. The molecule has 1 aromatic heterocycles. The van der Waals surface area contributed by atoms with Gasteiger partial charge in [0.15, 0.2) is 0 Å². The van der Waals surface area contributed by atoms with Crippen molar-refractivity contribution >= 4 is 5.97 Å². The summed E-state index contributed by atoms with van der Waals surface area (Å²) in [5.74, 6) is -2.93. The van der Waals surface area contributed by atoms with Gasteiger partial charge in [-0.05, 0) is 86.4 Å². The molecular weight excluding hydrogens is 503 g/mol. The molecule has 2 aromatic rings. The van der Waals surface area contributed by atoms with E-state index in [1.165, 1.54) is 24.8 Å². The summed E-state index contributed by atoms with van der Waals surface area (Å²) in [5, 5.41) is 10.1. The van der Waals surface area contributed by atoms with Crippen LogP contribution in [0.5, 0.6) is 0 Å². The molecule has 3 fully saturated rings. The Kier molecular flexibility index (Phi) is 8.92. The number of hydrogen-bond acceptors (Lipinski definition) is 4. The van der Waals surface area contributed by atoms with Crippen molar-refractivity contribution in [2.75, 3.05) is 32.7 Å². The molecule has 0 radical (unpaired) electrons. The number of pyridine rings is 1. The normalized spacial score (nSPS) is 24.5. The molecule has 39 heavy (non-hydrogen) atoms. The summed E-state index contributed by atoms with van der Waals surface area (Å²) in [6.45, 7) is 3.80. The van der Waals surface area contributed by atoms with Gasteiger partial charge >= 0.3 is 5.97 Å². The number of carboxylic acid groups (broad SMARTS) is 1. The average Bonchev–Trinajstić information content (AvgIpc) is 3.31. The number of carbonyl (C=O) groups is 1. The fraction of sp³-hybridized carbons (Fsp3) is 0.613. The monoisotopic (exact) mass is 543 g/mol. The predicted octanol–water partition coefficient (Wildman–Crippen LogP) is 6.16. The van der Waals surface area contributed by atoms with Crippen molar-refractivity contribution in [3.8, 4) is 0 Å². The van der Waals surface area contributed by atoms with E-state index in [1.807, 2.05) is 6.07 Å². The molecule has 0 bridgehead atoms. The van der Waals surface area contributed by atoms with Gasteiger partial charge in [0.2, 0.25) is 0 Å². The summed E-state index contributed by atoms with van der Waals surface area (Å²) in [6.07, 6.45) is 7.53. The number of aliphatic carboxylic acids is 1. The maximum absolute atomic E-state index is 14.6. The molecule has 1 saturated carbocycles. The summed E-state index contributed by atoms with van der Waals surface area (Å²) in [7, 11) is 0. The number of benzene rings is 1. The summed E-state index contributed by atoms with van der Waals surface area (Å²) in [6, 6.07) is 10.9. The third kappa shape index (κ3) is 7.01. The van der Waals surface area contributed by atoms with E-state index in [9.17, 15) is 23.1 Å². The van der Waals surface area contributed by atoms with Crippen molar-refractivity contribution < 1.29 is 23.1 Å². The molecule has 2 aliphatic heterocycles. The summed E-state index contributed by atoms with van der Waals surface area (Å²) >= 11 is 0. The zero-order valence-corrected chi connectivity index (χ0v) is 22.5. The van der Waals surface area contributed by atoms with Gasteiger partial charge < -0.3 is 10.0 Å². The molecule has 8 heteroatoms. The lowest BCUT2D eigenvalue weighted by Gasteiger charge is -2.35. The number of nitrogens with zero attached hydrogens (tertiary/aromatic N) is 3. The average molecular weight is 544 g/mol. The highest BCUT2D eigenvalue weighted by atomic mass is 19.3. The molecule has 3 atom stereocenters. The predicted molar refractivity (Wildman–Crippen MR) is 144 cm³/mol. The fourth-order valence-electron chi connectivity index (χ4n) is 6.79. The Morgan fingerprint density at radius 1 is 1.05 bits per heavy atom. The number of alkyl halides is 2. The molecule has 0 spiro atoms. The van der Waals surface area contributed by atoms with Gasteiger partial charge in [-0.3, -0.25) is 14.7 Å². The summed E-state index contributed by atoms with van der Waals surface area (Å²) in [5.41, 5.74) is 0.774. The van der Waals surface area contributed by atoms with Crippen LogP contribution < -0.4 is 0 Å². The summed E-state index contributed by atoms with van der Waals surface area (Å²) in [4.78, 5) is 20.6. The number of carboxylic acids is 1. The van der Waals surface area contributed by atoms with E-state index >= 15 is 0 Å². The van der Waals surface area contributed by atoms with Crippen molar-refractivity contribution in [1.29, 1.82) is 0 Å². The van der Waals surface area contributed by atoms with E-state index in [0.717, 1.165) is 50.9 Å². The van der Waals surface area contributed by atoms with Crippen LogP contribution in [0, 0.1) is 23.6 Å². The van der Waals surface area contributed by atoms with Crippen LogP contribution in [-0.2, 0) is 10.7 Å². The zero-order chi connectivity index (χ0) is 27.4. The molecular formula is C31H40F3N3O2. The lowest BCUT2D eigenvalue weighted by atomic mass is 9.80. The van der Waals surface area contributed by atoms with Crippen LogP contribution in [0.2, 0.25) is 0 Å². The van der Waals surface area contributed by atoms with Crippen LogP contribution in [0.1, 0.15) is 68.5 Å². The maximum atomic E-state index is 14.6. The molecule has 3 heterocycles. The van der Waals surface area contributed by atoms with Crippen LogP contribution in [0.25, 0.3) is 0 Å².